The van der Waals surface area contributed by atoms with Crippen LogP contribution in [-0.4, -0.2) is 55.2 Å². The Morgan fingerprint density at radius 3 is 2.73 bits per heavy atom. The summed E-state index contributed by atoms with van der Waals surface area (Å²) < 4.78 is 1.78. The van der Waals surface area contributed by atoms with Gasteiger partial charge in [0.25, 0.3) is 11.5 Å². The second kappa shape index (κ2) is 8.19. The van der Waals surface area contributed by atoms with Crippen molar-refractivity contribution in [2.75, 3.05) is 24.5 Å². The first-order chi connectivity index (χ1) is 14.3. The number of hydrogen-bond acceptors (Lipinski definition) is 7. The Labute approximate surface area is 182 Å². The number of carbonyl (C=O) groups excluding carboxylic acids is 1. The molecule has 1 N–H and O–H groups in total. The normalized spacial score (nSPS) is 18.2. The number of rotatable bonds is 5. The van der Waals surface area contributed by atoms with Crippen molar-refractivity contribution in [1.82, 2.24) is 14.3 Å². The van der Waals surface area contributed by atoms with Gasteiger partial charge < -0.3 is 10.0 Å². The van der Waals surface area contributed by atoms with Crippen molar-refractivity contribution in [3.05, 3.63) is 44.7 Å². The lowest BCUT2D eigenvalue weighted by Crippen LogP contribution is -2.30. The smallest absolute Gasteiger partial charge is 0.305 e. The minimum Gasteiger partial charge on any atom is -0.481 e. The van der Waals surface area contributed by atoms with E-state index in [9.17, 15) is 14.4 Å². The maximum absolute atomic E-state index is 13.3. The van der Waals surface area contributed by atoms with E-state index in [1.54, 1.807) is 12.3 Å². The molecule has 2 aliphatic rings. The van der Waals surface area contributed by atoms with Gasteiger partial charge in [0.2, 0.25) is 0 Å². The molecule has 2 fully saturated rings. The average molecular weight is 445 g/mol. The molecule has 0 radical (unpaired) electrons. The van der Waals surface area contributed by atoms with Gasteiger partial charge in [0.15, 0.2) is 0 Å². The summed E-state index contributed by atoms with van der Waals surface area (Å²) in [4.78, 5) is 45.4. The number of pyridine rings is 1. The molecule has 0 aliphatic carbocycles. The van der Waals surface area contributed by atoms with E-state index in [0.717, 1.165) is 43.3 Å². The molecule has 0 atom stereocenters. The van der Waals surface area contributed by atoms with Crippen LogP contribution in [-0.2, 0) is 9.59 Å². The van der Waals surface area contributed by atoms with Crippen LogP contribution in [0.1, 0.15) is 30.4 Å². The summed E-state index contributed by atoms with van der Waals surface area (Å²) in [6, 6.07) is 3.72. The highest BCUT2D eigenvalue weighted by molar-refractivity contribution is 8.26. The molecule has 2 aromatic heterocycles. The van der Waals surface area contributed by atoms with Crippen LogP contribution in [0.5, 0.6) is 0 Å². The summed E-state index contributed by atoms with van der Waals surface area (Å²) >= 11 is 6.33. The topological polar surface area (TPSA) is 95.2 Å². The fourth-order valence-electron chi connectivity index (χ4n) is 3.57. The molecule has 156 valence electrons. The van der Waals surface area contributed by atoms with Crippen LogP contribution in [0.25, 0.3) is 11.7 Å². The van der Waals surface area contributed by atoms with Gasteiger partial charge in [-0.2, -0.15) is 0 Å². The number of hydrogen-bond donors (Lipinski definition) is 1. The zero-order valence-electron chi connectivity index (χ0n) is 16.3. The third kappa shape index (κ3) is 3.84. The Hall–Kier alpha value is -2.72. The zero-order chi connectivity index (χ0) is 21.4. The molecule has 1 amide bonds. The van der Waals surface area contributed by atoms with Crippen LogP contribution >= 0.6 is 24.0 Å². The molecular formula is C20H20N4O4S2. The molecule has 2 saturated heterocycles. The number of fused-ring (bicyclic) bond motifs is 1. The summed E-state index contributed by atoms with van der Waals surface area (Å²) in [5, 5.41) is 8.90. The molecule has 2 aliphatic heterocycles. The van der Waals surface area contributed by atoms with E-state index in [1.165, 1.54) is 9.30 Å². The van der Waals surface area contributed by atoms with Crippen LogP contribution < -0.4 is 10.5 Å². The first-order valence-electron chi connectivity index (χ1n) is 9.60. The van der Waals surface area contributed by atoms with Crippen molar-refractivity contribution in [2.24, 2.45) is 0 Å². The molecule has 4 rings (SSSR count). The Balaban J connectivity index is 1.81. The molecule has 4 heterocycles. The van der Waals surface area contributed by atoms with E-state index in [1.807, 2.05) is 19.1 Å². The number of amides is 1. The standard InChI is InChI=1S/C20H20N4O4S2/c1-12-4-5-15-21-17(22-7-2-3-8-22)13(18(27)24(15)11-12)10-14-19(28)23(20(29)30-14)9-6-16(25)26/h4-5,10-11H,2-3,6-9H2,1H3,(H,25,26). The van der Waals surface area contributed by atoms with E-state index in [2.05, 4.69) is 4.90 Å². The van der Waals surface area contributed by atoms with Gasteiger partial charge in [-0.1, -0.05) is 30.0 Å². The third-order valence-corrected chi connectivity index (χ3v) is 6.47. The molecule has 0 spiro atoms. The van der Waals surface area contributed by atoms with Gasteiger partial charge in [-0.25, -0.2) is 4.98 Å². The lowest BCUT2D eigenvalue weighted by Gasteiger charge is -2.19. The highest BCUT2D eigenvalue weighted by Gasteiger charge is 2.33. The van der Waals surface area contributed by atoms with E-state index in [4.69, 9.17) is 22.3 Å². The first kappa shape index (κ1) is 20.5. The predicted molar refractivity (Wildman–Crippen MR) is 120 cm³/mol. The van der Waals surface area contributed by atoms with Crippen molar-refractivity contribution >= 4 is 57.7 Å². The van der Waals surface area contributed by atoms with E-state index in [-0.39, 0.29) is 24.4 Å². The van der Waals surface area contributed by atoms with Crippen molar-refractivity contribution in [3.63, 3.8) is 0 Å². The molecule has 0 unspecified atom stereocenters. The fourth-order valence-corrected chi connectivity index (χ4v) is 4.86. The number of carboxylic acids is 1. The van der Waals surface area contributed by atoms with Crippen LogP contribution in [0.3, 0.4) is 0 Å². The van der Waals surface area contributed by atoms with Crippen molar-refractivity contribution in [3.8, 4) is 0 Å². The van der Waals surface area contributed by atoms with Gasteiger partial charge in [-0.15, -0.1) is 0 Å². The Morgan fingerprint density at radius 2 is 2.03 bits per heavy atom. The second-order valence-corrected chi connectivity index (χ2v) is 8.94. The maximum atomic E-state index is 13.3. The summed E-state index contributed by atoms with van der Waals surface area (Å²) in [5.74, 6) is -0.818. The summed E-state index contributed by atoms with van der Waals surface area (Å²) in [5.41, 5.74) is 1.57. The summed E-state index contributed by atoms with van der Waals surface area (Å²) in [7, 11) is 0. The van der Waals surface area contributed by atoms with Crippen molar-refractivity contribution in [1.29, 1.82) is 0 Å². The number of thiocarbonyl (C=S) groups is 1. The Kier molecular flexibility index (Phi) is 5.61. The lowest BCUT2D eigenvalue weighted by atomic mass is 10.2. The van der Waals surface area contributed by atoms with E-state index in [0.29, 0.717) is 26.3 Å². The number of aromatic nitrogens is 2. The minimum absolute atomic E-state index is 0.00443. The number of aliphatic carboxylic acids is 1. The maximum Gasteiger partial charge on any atom is 0.305 e. The number of aryl methyl sites for hydroxylation is 1. The van der Waals surface area contributed by atoms with Gasteiger partial charge >= 0.3 is 5.97 Å². The average Bonchev–Trinajstić information content (AvgIpc) is 3.32. The number of carbonyl (C=O) groups is 2. The first-order valence-corrected chi connectivity index (χ1v) is 10.8. The van der Waals surface area contributed by atoms with Crippen LogP contribution in [0.15, 0.2) is 28.0 Å². The molecule has 8 nitrogen and oxygen atoms in total. The summed E-state index contributed by atoms with van der Waals surface area (Å²) in [6.07, 6.45) is 5.13. The van der Waals surface area contributed by atoms with Crippen molar-refractivity contribution < 1.29 is 14.7 Å². The van der Waals surface area contributed by atoms with Crippen molar-refractivity contribution in [2.45, 2.75) is 26.2 Å². The number of carboxylic acid groups (broad SMARTS) is 1. The van der Waals surface area contributed by atoms with Crippen LogP contribution in [0.4, 0.5) is 5.82 Å². The summed E-state index contributed by atoms with van der Waals surface area (Å²) in [6.45, 7) is 3.50. The monoisotopic (exact) mass is 444 g/mol. The second-order valence-electron chi connectivity index (χ2n) is 7.26. The molecule has 30 heavy (non-hydrogen) atoms. The van der Waals surface area contributed by atoms with Gasteiger partial charge in [0.05, 0.1) is 16.9 Å². The van der Waals surface area contributed by atoms with E-state index < -0.39 is 5.97 Å². The minimum atomic E-state index is -1.00. The molecule has 0 bridgehead atoms. The van der Waals surface area contributed by atoms with Crippen LogP contribution in [0, 0.1) is 6.92 Å². The lowest BCUT2D eigenvalue weighted by molar-refractivity contribution is -0.137. The van der Waals surface area contributed by atoms with Crippen LogP contribution in [0.2, 0.25) is 0 Å². The zero-order valence-corrected chi connectivity index (χ0v) is 18.0. The number of thioether (sulfide) groups is 1. The Bertz CT molecular complexity index is 1150. The molecule has 10 heteroatoms. The third-order valence-electron chi connectivity index (χ3n) is 5.09. The van der Waals surface area contributed by atoms with Gasteiger partial charge in [0.1, 0.15) is 15.8 Å². The van der Waals surface area contributed by atoms with Gasteiger partial charge in [-0.3, -0.25) is 23.7 Å². The van der Waals surface area contributed by atoms with Gasteiger partial charge in [0, 0.05) is 25.8 Å². The fraction of sp³-hybridized carbons (Fsp3) is 0.350. The largest absolute Gasteiger partial charge is 0.481 e. The number of anilines is 1. The SMILES string of the molecule is Cc1ccc2nc(N3CCCC3)c(C=C3SC(=S)N(CCC(=O)O)C3=O)c(=O)n2c1. The number of nitrogens with zero attached hydrogens (tertiary/aromatic N) is 4. The molecular weight excluding hydrogens is 424 g/mol. The predicted octanol–water partition coefficient (Wildman–Crippen LogP) is 2.28. The quantitative estimate of drug-likeness (QED) is 0.554. The Morgan fingerprint density at radius 1 is 1.30 bits per heavy atom. The highest BCUT2D eigenvalue weighted by atomic mass is 32.2. The highest BCUT2D eigenvalue weighted by Crippen LogP contribution is 2.34. The molecule has 0 saturated carbocycles. The van der Waals surface area contributed by atoms with E-state index >= 15 is 0 Å². The van der Waals surface area contributed by atoms with Gasteiger partial charge in [-0.05, 0) is 37.5 Å². The molecule has 0 aromatic carbocycles. The molecule has 2 aromatic rings.